The number of hydrogen-bond acceptors (Lipinski definition) is 2. The Hall–Kier alpha value is -2.29. The van der Waals surface area contributed by atoms with Crippen LogP contribution < -0.4 is 5.32 Å². The van der Waals surface area contributed by atoms with Crippen LogP contribution in [0.1, 0.15) is 42.7 Å². The van der Waals surface area contributed by atoms with Gasteiger partial charge in [-0.3, -0.25) is 0 Å². The molecule has 3 nitrogen and oxygen atoms in total. The van der Waals surface area contributed by atoms with E-state index in [9.17, 15) is 4.79 Å². The minimum absolute atomic E-state index is 0.124. The third-order valence-corrected chi connectivity index (χ3v) is 5.38. The van der Waals surface area contributed by atoms with Gasteiger partial charge in [0.1, 0.15) is 6.61 Å². The minimum Gasteiger partial charge on any atom is -0.449 e. The van der Waals surface area contributed by atoms with Crippen LogP contribution in [0.25, 0.3) is 11.1 Å². The molecule has 1 radical (unpaired) electrons. The molecule has 2 aliphatic rings. The van der Waals surface area contributed by atoms with Crippen molar-refractivity contribution in [3.05, 3.63) is 66.1 Å². The Labute approximate surface area is 149 Å². The van der Waals surface area contributed by atoms with E-state index in [4.69, 9.17) is 4.74 Å². The predicted molar refractivity (Wildman–Crippen MR) is 99.3 cm³/mol. The second-order valence-electron chi connectivity index (χ2n) is 6.99. The number of hydrogen-bond donors (Lipinski definition) is 1. The summed E-state index contributed by atoms with van der Waals surface area (Å²) in [6, 6.07) is 16.8. The van der Waals surface area contributed by atoms with Gasteiger partial charge in [-0.1, -0.05) is 61.4 Å². The van der Waals surface area contributed by atoms with Gasteiger partial charge >= 0.3 is 6.09 Å². The standard InChI is InChI=1S/C22H24NO2/c24-22(23-14-16-8-2-1-3-9-16)25-15-21-19-12-6-4-10-17(19)18-11-5-7-13-20(18)21/h4-8,10-13,16,21H,1-3,9,14-15H2,(H,23,24)/t16-/m1/s1. The molecule has 0 aromatic heterocycles. The Bertz CT molecular complexity index is 704. The van der Waals surface area contributed by atoms with Crippen molar-refractivity contribution >= 4 is 6.09 Å². The van der Waals surface area contributed by atoms with E-state index in [1.54, 1.807) is 0 Å². The van der Waals surface area contributed by atoms with E-state index in [2.05, 4.69) is 60.3 Å². The van der Waals surface area contributed by atoms with Crippen LogP contribution >= 0.6 is 0 Å². The third kappa shape index (κ3) is 3.41. The maximum Gasteiger partial charge on any atom is 0.407 e. The first-order chi connectivity index (χ1) is 12.3. The molecule has 0 heterocycles. The zero-order valence-electron chi connectivity index (χ0n) is 14.4. The molecule has 3 heteroatoms. The highest BCUT2D eigenvalue weighted by Gasteiger charge is 2.29. The lowest BCUT2D eigenvalue weighted by atomic mass is 9.89. The fourth-order valence-electron chi connectivity index (χ4n) is 4.07. The second-order valence-corrected chi connectivity index (χ2v) is 6.99. The van der Waals surface area contributed by atoms with Crippen LogP contribution in [0.5, 0.6) is 0 Å². The van der Waals surface area contributed by atoms with E-state index in [1.165, 1.54) is 41.5 Å². The van der Waals surface area contributed by atoms with Crippen LogP contribution in [0.15, 0.2) is 48.5 Å². The molecule has 1 atom stereocenters. The average molecular weight is 334 g/mol. The first-order valence-electron chi connectivity index (χ1n) is 9.25. The zero-order valence-corrected chi connectivity index (χ0v) is 14.4. The number of amides is 1. The highest BCUT2D eigenvalue weighted by molar-refractivity contribution is 5.79. The molecule has 4 rings (SSSR count). The van der Waals surface area contributed by atoms with Crippen molar-refractivity contribution in [3.63, 3.8) is 0 Å². The average Bonchev–Trinajstić information content (AvgIpc) is 2.99. The Morgan fingerprint density at radius 3 is 2.32 bits per heavy atom. The number of nitrogens with one attached hydrogen (secondary N) is 1. The van der Waals surface area contributed by atoms with Crippen LogP contribution in [-0.2, 0) is 4.74 Å². The quantitative estimate of drug-likeness (QED) is 0.862. The summed E-state index contributed by atoms with van der Waals surface area (Å²) in [6.45, 7) is 1.07. The maximum absolute atomic E-state index is 12.1. The van der Waals surface area contributed by atoms with Gasteiger partial charge < -0.3 is 10.1 Å². The number of carbonyl (C=O) groups is 1. The smallest absolute Gasteiger partial charge is 0.407 e. The molecule has 2 aromatic rings. The van der Waals surface area contributed by atoms with E-state index >= 15 is 0 Å². The summed E-state index contributed by atoms with van der Waals surface area (Å²) in [5.41, 5.74) is 5.00. The highest BCUT2D eigenvalue weighted by Crippen LogP contribution is 2.44. The molecular formula is C22H24NO2. The summed E-state index contributed by atoms with van der Waals surface area (Å²) >= 11 is 0. The maximum atomic E-state index is 12.1. The Kier molecular flexibility index (Phi) is 4.73. The van der Waals surface area contributed by atoms with Crippen molar-refractivity contribution in [2.24, 2.45) is 5.92 Å². The summed E-state index contributed by atoms with van der Waals surface area (Å²) in [7, 11) is 0. The van der Waals surface area contributed by atoms with Gasteiger partial charge in [0, 0.05) is 12.5 Å². The van der Waals surface area contributed by atoms with Crippen LogP contribution in [-0.4, -0.2) is 19.2 Å². The Balaban J connectivity index is 1.38. The minimum atomic E-state index is -0.305. The van der Waals surface area contributed by atoms with Gasteiger partial charge in [0.05, 0.1) is 0 Å². The number of ether oxygens (including phenoxy) is 1. The van der Waals surface area contributed by atoms with Crippen LogP contribution in [0.2, 0.25) is 0 Å². The molecule has 129 valence electrons. The fourth-order valence-corrected chi connectivity index (χ4v) is 4.07. The molecule has 0 aliphatic heterocycles. The molecule has 25 heavy (non-hydrogen) atoms. The summed E-state index contributed by atoms with van der Waals surface area (Å²) in [5, 5.41) is 2.93. The lowest BCUT2D eigenvalue weighted by Gasteiger charge is -2.21. The molecule has 2 aliphatic carbocycles. The number of benzene rings is 2. The summed E-state index contributed by atoms with van der Waals surface area (Å²) < 4.78 is 5.57. The van der Waals surface area contributed by atoms with Crippen molar-refractivity contribution in [2.45, 2.75) is 31.6 Å². The van der Waals surface area contributed by atoms with E-state index in [0.717, 1.165) is 6.42 Å². The van der Waals surface area contributed by atoms with Gasteiger partial charge in [-0.15, -0.1) is 0 Å². The largest absolute Gasteiger partial charge is 0.449 e. The van der Waals surface area contributed by atoms with E-state index in [1.807, 2.05) is 0 Å². The van der Waals surface area contributed by atoms with Crippen molar-refractivity contribution in [1.29, 1.82) is 0 Å². The van der Waals surface area contributed by atoms with E-state index in [0.29, 0.717) is 19.1 Å². The molecule has 1 saturated carbocycles. The predicted octanol–water partition coefficient (Wildman–Crippen LogP) is 4.92. The van der Waals surface area contributed by atoms with E-state index < -0.39 is 0 Å². The van der Waals surface area contributed by atoms with Gasteiger partial charge in [-0.25, -0.2) is 4.79 Å². The first-order valence-corrected chi connectivity index (χ1v) is 9.25. The van der Waals surface area contributed by atoms with Crippen molar-refractivity contribution in [2.75, 3.05) is 13.2 Å². The second kappa shape index (κ2) is 7.30. The Morgan fingerprint density at radius 1 is 1.00 bits per heavy atom. The monoisotopic (exact) mass is 334 g/mol. The number of rotatable bonds is 4. The summed E-state index contributed by atoms with van der Waals surface area (Å²) in [4.78, 5) is 12.1. The summed E-state index contributed by atoms with van der Waals surface area (Å²) in [6.07, 6.45) is 6.89. The highest BCUT2D eigenvalue weighted by atomic mass is 16.5. The molecule has 0 spiro atoms. The first kappa shape index (κ1) is 16.2. The summed E-state index contributed by atoms with van der Waals surface area (Å²) in [5.74, 6) is 0.619. The Morgan fingerprint density at radius 2 is 1.68 bits per heavy atom. The van der Waals surface area contributed by atoms with Gasteiger partial charge in [0.25, 0.3) is 0 Å². The normalized spacial score (nSPS) is 17.0. The van der Waals surface area contributed by atoms with E-state index in [-0.39, 0.29) is 12.0 Å². The molecule has 1 amide bonds. The number of carbonyl (C=O) groups excluding carboxylic acids is 1. The SMILES string of the molecule is O=C(NC[C@@H]1[CH]CCCC1)OCC1c2ccccc2-c2ccccc21. The van der Waals surface area contributed by atoms with Crippen LogP contribution in [0.4, 0.5) is 4.79 Å². The van der Waals surface area contributed by atoms with Gasteiger partial charge in [-0.2, -0.15) is 0 Å². The molecule has 1 fully saturated rings. The number of fused-ring (bicyclic) bond motifs is 3. The van der Waals surface area contributed by atoms with Gasteiger partial charge in [0.2, 0.25) is 0 Å². The fraction of sp³-hybridized carbons (Fsp3) is 0.364. The molecule has 0 bridgehead atoms. The van der Waals surface area contributed by atoms with Crippen molar-refractivity contribution in [1.82, 2.24) is 5.32 Å². The lowest BCUT2D eigenvalue weighted by molar-refractivity contribution is 0.141. The van der Waals surface area contributed by atoms with Crippen LogP contribution in [0.3, 0.4) is 0 Å². The molecule has 0 unspecified atom stereocenters. The zero-order chi connectivity index (χ0) is 17.1. The van der Waals surface area contributed by atoms with Crippen molar-refractivity contribution in [3.8, 4) is 11.1 Å². The molecule has 2 aromatic carbocycles. The van der Waals surface area contributed by atoms with Gasteiger partial charge in [-0.05, 0) is 47.4 Å². The topological polar surface area (TPSA) is 38.3 Å². The van der Waals surface area contributed by atoms with Crippen LogP contribution in [0, 0.1) is 12.3 Å². The van der Waals surface area contributed by atoms with Crippen molar-refractivity contribution < 1.29 is 9.53 Å². The number of alkyl carbamates (subject to hydrolysis) is 1. The van der Waals surface area contributed by atoms with Gasteiger partial charge in [0.15, 0.2) is 0 Å². The molecule has 1 N–H and O–H groups in total. The third-order valence-electron chi connectivity index (χ3n) is 5.38. The lowest BCUT2D eigenvalue weighted by Crippen LogP contribution is -2.31. The molecule has 0 saturated heterocycles. The molecular weight excluding hydrogens is 310 g/mol.